The normalized spacial score (nSPS) is 11.8. The van der Waals surface area contributed by atoms with E-state index in [-0.39, 0.29) is 36.2 Å². The third-order valence-electron chi connectivity index (χ3n) is 4.48. The van der Waals surface area contributed by atoms with E-state index >= 15 is 0 Å². The first-order chi connectivity index (χ1) is 14.1. The monoisotopic (exact) mass is 451 g/mol. The van der Waals surface area contributed by atoms with Gasteiger partial charge in [0.2, 0.25) is 11.8 Å². The van der Waals surface area contributed by atoms with Crippen LogP contribution in [0.15, 0.2) is 42.5 Å². The third kappa shape index (κ3) is 6.18. The fourth-order valence-corrected chi connectivity index (χ4v) is 3.39. The number of hydrogen-bond acceptors (Lipinski definition) is 4. The number of nitro benzene ring substituents is 1. The highest BCUT2D eigenvalue weighted by Crippen LogP contribution is 2.25. The highest BCUT2D eigenvalue weighted by atomic mass is 35.5. The van der Waals surface area contributed by atoms with Gasteiger partial charge in [-0.3, -0.25) is 19.7 Å². The molecule has 0 aliphatic rings. The number of benzene rings is 2. The minimum atomic E-state index is -0.811. The molecular weight excluding hydrogens is 429 g/mol. The Labute approximate surface area is 185 Å². The molecule has 160 valence electrons. The van der Waals surface area contributed by atoms with Crippen LogP contribution in [0, 0.1) is 10.1 Å². The van der Waals surface area contributed by atoms with E-state index < -0.39 is 16.9 Å². The van der Waals surface area contributed by atoms with Crippen LogP contribution in [0.2, 0.25) is 10.0 Å². The number of rotatable bonds is 8. The highest BCUT2D eigenvalue weighted by Gasteiger charge is 2.28. The van der Waals surface area contributed by atoms with Crippen molar-refractivity contribution >= 4 is 40.7 Å². The first-order valence-electron chi connectivity index (χ1n) is 9.36. The van der Waals surface area contributed by atoms with Crippen molar-refractivity contribution in [3.05, 3.63) is 73.8 Å². The van der Waals surface area contributed by atoms with Gasteiger partial charge in [-0.15, -0.1) is 0 Å². The largest absolute Gasteiger partial charge is 0.352 e. The fraction of sp³-hybridized carbons (Fsp3) is 0.333. The number of amides is 2. The molecule has 30 heavy (non-hydrogen) atoms. The molecule has 0 spiro atoms. The summed E-state index contributed by atoms with van der Waals surface area (Å²) in [4.78, 5) is 37.9. The number of hydrogen-bond donors (Lipinski definition) is 1. The van der Waals surface area contributed by atoms with Crippen LogP contribution in [0.4, 0.5) is 5.69 Å². The molecule has 2 rings (SSSR count). The first kappa shape index (κ1) is 23.6. The van der Waals surface area contributed by atoms with Gasteiger partial charge in [0.05, 0.1) is 11.3 Å². The molecule has 0 saturated heterocycles. The van der Waals surface area contributed by atoms with Crippen molar-refractivity contribution in [3.63, 3.8) is 0 Å². The summed E-state index contributed by atoms with van der Waals surface area (Å²) in [6.45, 7) is 5.31. The van der Waals surface area contributed by atoms with Crippen LogP contribution >= 0.6 is 23.2 Å². The topological polar surface area (TPSA) is 92.6 Å². The molecule has 0 unspecified atom stereocenters. The fourth-order valence-electron chi connectivity index (χ4n) is 2.92. The molecular formula is C21H23Cl2N3O4. The van der Waals surface area contributed by atoms with E-state index in [9.17, 15) is 19.7 Å². The van der Waals surface area contributed by atoms with Crippen molar-refractivity contribution in [2.45, 2.75) is 45.8 Å². The number of para-hydroxylation sites is 1. The van der Waals surface area contributed by atoms with E-state index in [0.717, 1.165) is 0 Å². The smallest absolute Gasteiger partial charge is 0.273 e. The Morgan fingerprint density at radius 1 is 1.10 bits per heavy atom. The summed E-state index contributed by atoms with van der Waals surface area (Å²) in [6.07, 6.45) is -0.221. The molecule has 0 aliphatic carbocycles. The lowest BCUT2D eigenvalue weighted by Crippen LogP contribution is -2.49. The van der Waals surface area contributed by atoms with Gasteiger partial charge in [-0.2, -0.15) is 0 Å². The molecule has 0 aromatic heterocycles. The standard InChI is InChI=1S/C21H23Cl2N3O4/c1-13(2)24-21(28)14(3)25(12-16-8-9-17(22)11-18(16)23)20(27)10-15-6-4-5-7-19(15)26(29)30/h4-9,11,13-14H,10,12H2,1-3H3,(H,24,28)/t14-/m1/s1. The van der Waals surface area contributed by atoms with E-state index in [2.05, 4.69) is 5.32 Å². The van der Waals surface area contributed by atoms with E-state index in [1.165, 1.54) is 23.1 Å². The molecule has 1 N–H and O–H groups in total. The molecule has 0 fully saturated rings. The average Bonchev–Trinajstić information content (AvgIpc) is 2.66. The second kappa shape index (κ2) is 10.4. The van der Waals surface area contributed by atoms with Crippen molar-refractivity contribution in [2.24, 2.45) is 0 Å². The molecule has 7 nitrogen and oxygen atoms in total. The molecule has 0 aliphatic heterocycles. The van der Waals surface area contributed by atoms with Gasteiger partial charge in [0.1, 0.15) is 6.04 Å². The maximum atomic E-state index is 13.2. The number of nitrogens with zero attached hydrogens (tertiary/aromatic N) is 2. The van der Waals surface area contributed by atoms with Crippen molar-refractivity contribution in [3.8, 4) is 0 Å². The van der Waals surface area contributed by atoms with Crippen LogP contribution in [0.1, 0.15) is 31.9 Å². The second-order valence-electron chi connectivity index (χ2n) is 7.16. The summed E-state index contributed by atoms with van der Waals surface area (Å²) < 4.78 is 0. The zero-order valence-corrected chi connectivity index (χ0v) is 18.4. The lowest BCUT2D eigenvalue weighted by atomic mass is 10.1. The molecule has 0 heterocycles. The Kier molecular flexibility index (Phi) is 8.20. The second-order valence-corrected chi connectivity index (χ2v) is 8.00. The quantitative estimate of drug-likeness (QED) is 0.475. The summed E-state index contributed by atoms with van der Waals surface area (Å²) in [5, 5.41) is 14.9. The van der Waals surface area contributed by atoms with Crippen LogP contribution < -0.4 is 5.32 Å². The van der Waals surface area contributed by atoms with Gasteiger partial charge in [0.25, 0.3) is 5.69 Å². The Balaban J connectivity index is 2.35. The Morgan fingerprint density at radius 2 is 1.77 bits per heavy atom. The summed E-state index contributed by atoms with van der Waals surface area (Å²) in [6, 6.07) is 10.0. The predicted octanol–water partition coefficient (Wildman–Crippen LogP) is 4.39. The minimum Gasteiger partial charge on any atom is -0.352 e. The lowest BCUT2D eigenvalue weighted by molar-refractivity contribution is -0.385. The summed E-state index contributed by atoms with van der Waals surface area (Å²) in [5.41, 5.74) is 0.743. The molecule has 1 atom stereocenters. The van der Waals surface area contributed by atoms with Gasteiger partial charge in [-0.25, -0.2) is 0 Å². The Hall–Kier alpha value is -2.64. The van der Waals surface area contributed by atoms with Gasteiger partial charge < -0.3 is 10.2 Å². The molecule has 0 radical (unpaired) electrons. The summed E-state index contributed by atoms with van der Waals surface area (Å²) in [7, 11) is 0. The zero-order valence-electron chi connectivity index (χ0n) is 16.9. The summed E-state index contributed by atoms with van der Waals surface area (Å²) >= 11 is 12.2. The highest BCUT2D eigenvalue weighted by molar-refractivity contribution is 6.35. The van der Waals surface area contributed by atoms with E-state index in [0.29, 0.717) is 15.6 Å². The number of halogens is 2. The average molecular weight is 452 g/mol. The maximum Gasteiger partial charge on any atom is 0.273 e. The van der Waals surface area contributed by atoms with E-state index in [1.54, 1.807) is 31.2 Å². The first-order valence-corrected chi connectivity index (χ1v) is 10.1. The predicted molar refractivity (Wildman–Crippen MR) is 117 cm³/mol. The van der Waals surface area contributed by atoms with Crippen molar-refractivity contribution in [1.82, 2.24) is 10.2 Å². The van der Waals surface area contributed by atoms with Gasteiger partial charge in [0, 0.05) is 34.3 Å². The van der Waals surface area contributed by atoms with Gasteiger partial charge in [-0.05, 0) is 38.5 Å². The van der Waals surface area contributed by atoms with Crippen LogP contribution in [0.3, 0.4) is 0 Å². The van der Waals surface area contributed by atoms with Crippen LogP contribution in [0.5, 0.6) is 0 Å². The molecule has 2 aromatic carbocycles. The summed E-state index contributed by atoms with van der Waals surface area (Å²) in [5.74, 6) is -0.757. The van der Waals surface area contributed by atoms with E-state index in [4.69, 9.17) is 23.2 Å². The number of nitro groups is 1. The molecule has 9 heteroatoms. The van der Waals surface area contributed by atoms with Crippen LogP contribution in [-0.4, -0.2) is 33.7 Å². The van der Waals surface area contributed by atoms with Crippen molar-refractivity contribution in [2.75, 3.05) is 0 Å². The van der Waals surface area contributed by atoms with Crippen molar-refractivity contribution in [1.29, 1.82) is 0 Å². The van der Waals surface area contributed by atoms with Gasteiger partial charge in [-0.1, -0.05) is 47.5 Å². The molecule has 0 saturated carbocycles. The molecule has 2 amide bonds. The Morgan fingerprint density at radius 3 is 2.37 bits per heavy atom. The zero-order chi connectivity index (χ0) is 22.4. The number of nitrogens with one attached hydrogen (secondary N) is 1. The molecule has 2 aromatic rings. The maximum absolute atomic E-state index is 13.2. The SMILES string of the molecule is CC(C)NC(=O)[C@@H](C)N(Cc1ccc(Cl)cc1Cl)C(=O)Cc1ccccc1[N+](=O)[O-]. The molecule has 0 bridgehead atoms. The minimum absolute atomic E-state index is 0.0577. The van der Waals surface area contributed by atoms with Crippen LogP contribution in [0.25, 0.3) is 0 Å². The number of carbonyl (C=O) groups excluding carboxylic acids is 2. The Bertz CT molecular complexity index is 950. The number of carbonyl (C=O) groups is 2. The van der Waals surface area contributed by atoms with Crippen molar-refractivity contribution < 1.29 is 14.5 Å². The lowest BCUT2D eigenvalue weighted by Gasteiger charge is -2.29. The third-order valence-corrected chi connectivity index (χ3v) is 5.07. The van der Waals surface area contributed by atoms with E-state index in [1.807, 2.05) is 13.8 Å². The van der Waals surface area contributed by atoms with Gasteiger partial charge >= 0.3 is 0 Å². The van der Waals surface area contributed by atoms with Gasteiger partial charge in [0.15, 0.2) is 0 Å². The van der Waals surface area contributed by atoms with Crippen LogP contribution in [-0.2, 0) is 22.6 Å².